The zero-order chi connectivity index (χ0) is 17.2. The number of likely N-dealkylation sites (tertiary alicyclic amines) is 1. The fourth-order valence-corrected chi connectivity index (χ4v) is 3.61. The Morgan fingerprint density at radius 1 is 1.28 bits per heavy atom. The van der Waals surface area contributed by atoms with Gasteiger partial charge in [0.15, 0.2) is 16.6 Å². The lowest BCUT2D eigenvalue weighted by atomic mass is 10.1. The minimum absolute atomic E-state index is 0.0336. The summed E-state index contributed by atoms with van der Waals surface area (Å²) < 4.78 is 11.1. The lowest BCUT2D eigenvalue weighted by Crippen LogP contribution is -2.33. The maximum atomic E-state index is 12.1. The Kier molecular flexibility index (Phi) is 4.27. The van der Waals surface area contributed by atoms with Gasteiger partial charge >= 0.3 is 0 Å². The first kappa shape index (κ1) is 15.9. The van der Waals surface area contributed by atoms with Crippen molar-refractivity contribution in [2.24, 2.45) is 0 Å². The van der Waals surface area contributed by atoms with E-state index in [0.29, 0.717) is 37.1 Å². The van der Waals surface area contributed by atoms with Gasteiger partial charge in [0.2, 0.25) is 11.8 Å². The molecule has 4 rings (SSSR count). The number of rotatable bonds is 4. The molecule has 1 aromatic heterocycles. The highest BCUT2D eigenvalue weighted by atomic mass is 32.1. The molecule has 0 unspecified atom stereocenters. The number of amides is 2. The third-order valence-electron chi connectivity index (χ3n) is 4.09. The van der Waals surface area contributed by atoms with Crippen LogP contribution in [0.15, 0.2) is 23.6 Å². The second-order valence-electron chi connectivity index (χ2n) is 5.86. The van der Waals surface area contributed by atoms with Crippen molar-refractivity contribution in [2.45, 2.75) is 12.8 Å². The van der Waals surface area contributed by atoms with Crippen molar-refractivity contribution in [3.8, 4) is 22.8 Å². The molecule has 0 radical (unpaired) electrons. The first-order valence-corrected chi connectivity index (χ1v) is 9.00. The lowest BCUT2D eigenvalue weighted by Gasteiger charge is -2.18. The fraction of sp³-hybridized carbons (Fsp3) is 0.353. The van der Waals surface area contributed by atoms with Crippen LogP contribution in [0.2, 0.25) is 0 Å². The summed E-state index contributed by atoms with van der Waals surface area (Å²) in [7, 11) is 0. The number of nitrogens with one attached hydrogen (secondary N) is 1. The van der Waals surface area contributed by atoms with E-state index < -0.39 is 0 Å². The molecule has 7 nitrogen and oxygen atoms in total. The maximum Gasteiger partial charge on any atom is 0.245 e. The molecule has 1 aromatic carbocycles. The molecule has 2 aliphatic heterocycles. The Morgan fingerprint density at radius 2 is 2.12 bits per heavy atom. The molecular weight excluding hydrogens is 342 g/mol. The van der Waals surface area contributed by atoms with Gasteiger partial charge in [0.25, 0.3) is 0 Å². The highest BCUT2D eigenvalue weighted by Gasteiger charge is 2.22. The van der Waals surface area contributed by atoms with Gasteiger partial charge in [0.05, 0.1) is 12.2 Å². The predicted octanol–water partition coefficient (Wildman–Crippen LogP) is 2.14. The van der Waals surface area contributed by atoms with E-state index in [1.165, 1.54) is 11.3 Å². The van der Waals surface area contributed by atoms with E-state index in [2.05, 4.69) is 10.3 Å². The molecule has 8 heteroatoms. The molecule has 1 saturated heterocycles. The van der Waals surface area contributed by atoms with Crippen molar-refractivity contribution < 1.29 is 19.1 Å². The van der Waals surface area contributed by atoms with E-state index in [0.717, 1.165) is 23.4 Å². The van der Waals surface area contributed by atoms with Crippen LogP contribution >= 0.6 is 11.3 Å². The number of thiazole rings is 1. The van der Waals surface area contributed by atoms with E-state index in [-0.39, 0.29) is 18.4 Å². The number of aromatic nitrogens is 1. The first-order valence-electron chi connectivity index (χ1n) is 8.12. The number of hydrogen-bond acceptors (Lipinski definition) is 6. The molecule has 2 aromatic rings. The molecule has 2 aliphatic rings. The van der Waals surface area contributed by atoms with Crippen LogP contribution in [0.3, 0.4) is 0 Å². The summed E-state index contributed by atoms with van der Waals surface area (Å²) in [4.78, 5) is 29.7. The van der Waals surface area contributed by atoms with Gasteiger partial charge in [0.1, 0.15) is 13.2 Å². The SMILES string of the molecule is O=C(CN1CCCC1=O)Nc1nc(-c2ccc3c(c2)OCCO3)cs1. The predicted molar refractivity (Wildman–Crippen MR) is 93.0 cm³/mol. The lowest BCUT2D eigenvalue weighted by molar-refractivity contribution is -0.131. The third-order valence-corrected chi connectivity index (χ3v) is 4.85. The summed E-state index contributed by atoms with van der Waals surface area (Å²) in [5.41, 5.74) is 1.66. The van der Waals surface area contributed by atoms with E-state index in [1.54, 1.807) is 4.90 Å². The molecule has 0 bridgehead atoms. The Bertz CT molecular complexity index is 820. The fourth-order valence-electron chi connectivity index (χ4n) is 2.87. The van der Waals surface area contributed by atoms with Gasteiger partial charge in [0, 0.05) is 23.9 Å². The topological polar surface area (TPSA) is 80.8 Å². The van der Waals surface area contributed by atoms with Crippen molar-refractivity contribution >= 4 is 28.3 Å². The van der Waals surface area contributed by atoms with Crippen molar-refractivity contribution in [2.75, 3.05) is 31.6 Å². The molecule has 3 heterocycles. The normalized spacial score (nSPS) is 16.2. The number of hydrogen-bond donors (Lipinski definition) is 1. The van der Waals surface area contributed by atoms with Crippen LogP contribution in [-0.4, -0.2) is 48.0 Å². The summed E-state index contributed by atoms with van der Waals surface area (Å²) >= 11 is 1.35. The molecule has 1 N–H and O–H groups in total. The summed E-state index contributed by atoms with van der Waals surface area (Å²) in [5.74, 6) is 1.24. The quantitative estimate of drug-likeness (QED) is 0.905. The van der Waals surface area contributed by atoms with Crippen LogP contribution in [0.1, 0.15) is 12.8 Å². The Morgan fingerprint density at radius 3 is 2.92 bits per heavy atom. The zero-order valence-corrected chi connectivity index (χ0v) is 14.3. The Balaban J connectivity index is 1.43. The van der Waals surface area contributed by atoms with Gasteiger partial charge in [-0.25, -0.2) is 4.98 Å². The van der Waals surface area contributed by atoms with E-state index in [1.807, 2.05) is 23.6 Å². The summed E-state index contributed by atoms with van der Waals surface area (Å²) in [6, 6.07) is 5.66. The molecule has 130 valence electrons. The van der Waals surface area contributed by atoms with Crippen LogP contribution in [0.4, 0.5) is 5.13 Å². The summed E-state index contributed by atoms with van der Waals surface area (Å²) in [5, 5.41) is 5.15. The largest absolute Gasteiger partial charge is 0.486 e. The number of benzene rings is 1. The standard InChI is InChI=1S/C17H17N3O4S/c21-15(9-20-5-1-2-16(20)22)19-17-18-12(10-25-17)11-3-4-13-14(8-11)24-7-6-23-13/h3-4,8,10H,1-2,5-7,9H2,(H,18,19,21). The van der Waals surface area contributed by atoms with E-state index >= 15 is 0 Å². The highest BCUT2D eigenvalue weighted by molar-refractivity contribution is 7.14. The molecule has 0 aliphatic carbocycles. The number of carbonyl (C=O) groups excluding carboxylic acids is 2. The zero-order valence-electron chi connectivity index (χ0n) is 13.5. The molecular formula is C17H17N3O4S. The van der Waals surface area contributed by atoms with Crippen molar-refractivity contribution in [3.63, 3.8) is 0 Å². The van der Waals surface area contributed by atoms with Gasteiger partial charge in [-0.2, -0.15) is 0 Å². The van der Waals surface area contributed by atoms with Crippen LogP contribution < -0.4 is 14.8 Å². The van der Waals surface area contributed by atoms with Gasteiger partial charge in [-0.05, 0) is 24.6 Å². The number of carbonyl (C=O) groups is 2. The summed E-state index contributed by atoms with van der Waals surface area (Å²) in [6.45, 7) is 1.81. The van der Waals surface area contributed by atoms with Crippen LogP contribution in [0, 0.1) is 0 Å². The molecule has 0 spiro atoms. The second-order valence-corrected chi connectivity index (χ2v) is 6.72. The van der Waals surface area contributed by atoms with Crippen molar-refractivity contribution in [1.29, 1.82) is 0 Å². The van der Waals surface area contributed by atoms with Gasteiger partial charge in [-0.1, -0.05) is 0 Å². The minimum Gasteiger partial charge on any atom is -0.486 e. The van der Waals surface area contributed by atoms with Gasteiger partial charge in [-0.3, -0.25) is 9.59 Å². The minimum atomic E-state index is -0.224. The number of ether oxygens (including phenoxy) is 2. The molecule has 25 heavy (non-hydrogen) atoms. The van der Waals surface area contributed by atoms with E-state index in [9.17, 15) is 9.59 Å². The van der Waals surface area contributed by atoms with Crippen molar-refractivity contribution in [3.05, 3.63) is 23.6 Å². The monoisotopic (exact) mass is 359 g/mol. The Hall–Kier alpha value is -2.61. The first-order chi connectivity index (χ1) is 12.2. The number of anilines is 1. The molecule has 2 amide bonds. The Labute approximate surface area is 148 Å². The second kappa shape index (κ2) is 6.72. The number of fused-ring (bicyclic) bond motifs is 1. The molecule has 0 saturated carbocycles. The summed E-state index contributed by atoms with van der Waals surface area (Å²) in [6.07, 6.45) is 1.34. The van der Waals surface area contributed by atoms with Crippen LogP contribution in [-0.2, 0) is 9.59 Å². The average Bonchev–Trinajstić information content (AvgIpc) is 3.24. The van der Waals surface area contributed by atoms with Crippen molar-refractivity contribution in [1.82, 2.24) is 9.88 Å². The molecule has 0 atom stereocenters. The van der Waals surface area contributed by atoms with Gasteiger partial charge < -0.3 is 19.7 Å². The maximum absolute atomic E-state index is 12.1. The van der Waals surface area contributed by atoms with Gasteiger partial charge in [-0.15, -0.1) is 11.3 Å². The number of nitrogens with zero attached hydrogens (tertiary/aromatic N) is 2. The highest BCUT2D eigenvalue weighted by Crippen LogP contribution is 2.35. The smallest absolute Gasteiger partial charge is 0.245 e. The van der Waals surface area contributed by atoms with E-state index in [4.69, 9.17) is 9.47 Å². The average molecular weight is 359 g/mol. The third kappa shape index (κ3) is 3.43. The van der Waals surface area contributed by atoms with Crippen LogP contribution in [0.25, 0.3) is 11.3 Å². The van der Waals surface area contributed by atoms with Crippen LogP contribution in [0.5, 0.6) is 11.5 Å². The molecule has 1 fully saturated rings.